The molecule has 1 saturated carbocycles. The summed E-state index contributed by atoms with van der Waals surface area (Å²) in [4.78, 5) is 10.6. The van der Waals surface area contributed by atoms with Gasteiger partial charge in [0.1, 0.15) is 5.75 Å². The number of carboxylic acid groups (broad SMARTS) is 1. The Morgan fingerprint density at radius 3 is 2.30 bits per heavy atom. The minimum atomic E-state index is -3.56. The van der Waals surface area contributed by atoms with Gasteiger partial charge in [-0.25, -0.2) is 17.9 Å². The SMILES string of the molecule is CC(C)(C)C1CC(NS(=O)(=O)c2ccc(OCC(=O)O)cc2)C1. The molecule has 0 unspecified atom stereocenters. The van der Waals surface area contributed by atoms with Crippen molar-refractivity contribution >= 4 is 16.0 Å². The molecule has 0 spiro atoms. The van der Waals surface area contributed by atoms with E-state index in [4.69, 9.17) is 9.84 Å². The van der Waals surface area contributed by atoms with Gasteiger partial charge in [-0.2, -0.15) is 0 Å². The molecule has 0 atom stereocenters. The molecule has 6 nitrogen and oxygen atoms in total. The lowest BCUT2D eigenvalue weighted by Gasteiger charge is -2.43. The van der Waals surface area contributed by atoms with Crippen LogP contribution in [0.5, 0.6) is 5.75 Å². The van der Waals surface area contributed by atoms with Gasteiger partial charge < -0.3 is 9.84 Å². The Labute approximate surface area is 136 Å². The Kier molecular flexibility index (Phi) is 5.01. The maximum Gasteiger partial charge on any atom is 0.341 e. The van der Waals surface area contributed by atoms with Gasteiger partial charge in [0, 0.05) is 6.04 Å². The van der Waals surface area contributed by atoms with E-state index in [1.54, 1.807) is 0 Å². The van der Waals surface area contributed by atoms with Crippen LogP contribution in [0, 0.1) is 11.3 Å². The van der Waals surface area contributed by atoms with Crippen LogP contribution in [0.3, 0.4) is 0 Å². The molecule has 0 aliphatic heterocycles. The highest BCUT2D eigenvalue weighted by atomic mass is 32.2. The zero-order chi connectivity index (χ0) is 17.3. The van der Waals surface area contributed by atoms with Crippen LogP contribution in [0.2, 0.25) is 0 Å². The summed E-state index contributed by atoms with van der Waals surface area (Å²) in [5.74, 6) is -0.230. The van der Waals surface area contributed by atoms with Gasteiger partial charge >= 0.3 is 5.97 Å². The molecule has 0 bridgehead atoms. The van der Waals surface area contributed by atoms with Gasteiger partial charge in [0.05, 0.1) is 4.90 Å². The third-order valence-electron chi connectivity index (χ3n) is 4.18. The highest BCUT2D eigenvalue weighted by Crippen LogP contribution is 2.41. The lowest BCUT2D eigenvalue weighted by Crippen LogP contribution is -2.47. The molecule has 1 aliphatic rings. The van der Waals surface area contributed by atoms with Crippen molar-refractivity contribution in [1.29, 1.82) is 0 Å². The van der Waals surface area contributed by atoms with Crippen molar-refractivity contribution in [1.82, 2.24) is 4.72 Å². The number of carboxylic acids is 1. The first-order chi connectivity index (χ1) is 10.6. The van der Waals surface area contributed by atoms with Crippen molar-refractivity contribution in [3.8, 4) is 5.75 Å². The minimum Gasteiger partial charge on any atom is -0.482 e. The summed E-state index contributed by atoms with van der Waals surface area (Å²) >= 11 is 0. The van der Waals surface area contributed by atoms with Crippen LogP contribution >= 0.6 is 0 Å². The Morgan fingerprint density at radius 1 is 1.26 bits per heavy atom. The van der Waals surface area contributed by atoms with E-state index in [9.17, 15) is 13.2 Å². The summed E-state index contributed by atoms with van der Waals surface area (Å²) in [5, 5.41) is 8.54. The first-order valence-corrected chi connectivity index (χ1v) is 9.03. The second-order valence-corrected chi connectivity index (χ2v) is 8.72. The van der Waals surface area contributed by atoms with Crippen LogP contribution < -0.4 is 9.46 Å². The van der Waals surface area contributed by atoms with Crippen molar-refractivity contribution in [2.75, 3.05) is 6.61 Å². The topological polar surface area (TPSA) is 92.7 Å². The predicted octanol–water partition coefficient (Wildman–Crippen LogP) is 2.25. The summed E-state index contributed by atoms with van der Waals surface area (Å²) in [6.07, 6.45) is 1.70. The molecule has 128 valence electrons. The number of hydrogen-bond donors (Lipinski definition) is 2. The third kappa shape index (κ3) is 4.68. The van der Waals surface area contributed by atoms with Crippen molar-refractivity contribution in [2.45, 2.75) is 44.6 Å². The molecule has 7 heteroatoms. The van der Waals surface area contributed by atoms with E-state index in [0.29, 0.717) is 11.7 Å². The van der Waals surface area contributed by atoms with Crippen LogP contribution in [0.1, 0.15) is 33.6 Å². The summed E-state index contributed by atoms with van der Waals surface area (Å²) in [5.41, 5.74) is 0.199. The molecule has 2 rings (SSSR count). The number of aliphatic carboxylic acids is 1. The Hall–Kier alpha value is -1.60. The van der Waals surface area contributed by atoms with Crippen LogP contribution in [0.25, 0.3) is 0 Å². The first-order valence-electron chi connectivity index (χ1n) is 7.55. The number of benzene rings is 1. The molecule has 1 aliphatic carbocycles. The summed E-state index contributed by atoms with van der Waals surface area (Å²) < 4.78 is 32.3. The molecule has 0 radical (unpaired) electrons. The number of rotatable bonds is 6. The lowest BCUT2D eigenvalue weighted by molar-refractivity contribution is -0.139. The van der Waals surface area contributed by atoms with E-state index >= 15 is 0 Å². The molecule has 0 amide bonds. The summed E-state index contributed by atoms with van der Waals surface area (Å²) in [6, 6.07) is 5.72. The Balaban J connectivity index is 1.94. The second-order valence-electron chi connectivity index (χ2n) is 7.01. The Bertz CT molecular complexity index is 655. The van der Waals surface area contributed by atoms with E-state index in [2.05, 4.69) is 25.5 Å². The van der Waals surface area contributed by atoms with Crippen LogP contribution in [-0.2, 0) is 14.8 Å². The number of ether oxygens (including phenoxy) is 1. The van der Waals surface area contributed by atoms with Crippen molar-refractivity contribution in [2.24, 2.45) is 11.3 Å². The maximum absolute atomic E-state index is 12.3. The number of sulfonamides is 1. The quantitative estimate of drug-likeness (QED) is 0.828. The monoisotopic (exact) mass is 341 g/mol. The molecular weight excluding hydrogens is 318 g/mol. The zero-order valence-electron chi connectivity index (χ0n) is 13.6. The summed E-state index contributed by atoms with van der Waals surface area (Å²) in [7, 11) is -3.56. The van der Waals surface area contributed by atoms with Crippen molar-refractivity contribution < 1.29 is 23.1 Å². The molecule has 0 aromatic heterocycles. The van der Waals surface area contributed by atoms with Gasteiger partial charge in [0.15, 0.2) is 6.61 Å². The van der Waals surface area contributed by atoms with Gasteiger partial charge in [0.2, 0.25) is 10.0 Å². The van der Waals surface area contributed by atoms with Gasteiger partial charge in [-0.1, -0.05) is 20.8 Å². The lowest BCUT2D eigenvalue weighted by atomic mass is 9.66. The average Bonchev–Trinajstić information content (AvgIpc) is 2.39. The van der Waals surface area contributed by atoms with Gasteiger partial charge in [-0.05, 0) is 48.4 Å². The zero-order valence-corrected chi connectivity index (χ0v) is 14.4. The largest absolute Gasteiger partial charge is 0.482 e. The third-order valence-corrected chi connectivity index (χ3v) is 5.72. The van der Waals surface area contributed by atoms with Crippen molar-refractivity contribution in [3.63, 3.8) is 0 Å². The van der Waals surface area contributed by atoms with E-state index in [1.165, 1.54) is 24.3 Å². The molecule has 0 saturated heterocycles. The fourth-order valence-electron chi connectivity index (χ4n) is 2.57. The van der Waals surface area contributed by atoms with Crippen LogP contribution in [-0.4, -0.2) is 32.1 Å². The predicted molar refractivity (Wildman–Crippen MR) is 85.9 cm³/mol. The Morgan fingerprint density at radius 2 is 1.83 bits per heavy atom. The fourth-order valence-corrected chi connectivity index (χ4v) is 3.83. The van der Waals surface area contributed by atoms with E-state index in [-0.39, 0.29) is 16.4 Å². The number of hydrogen-bond acceptors (Lipinski definition) is 4. The number of carbonyl (C=O) groups is 1. The standard InChI is InChI=1S/C16H23NO5S/c1-16(2,3)11-8-12(9-11)17-23(20,21)14-6-4-13(5-7-14)22-10-15(18)19/h4-7,11-12,17H,8-10H2,1-3H3,(H,18,19). The van der Waals surface area contributed by atoms with E-state index < -0.39 is 22.6 Å². The molecule has 1 fully saturated rings. The van der Waals surface area contributed by atoms with Crippen LogP contribution in [0.4, 0.5) is 0 Å². The van der Waals surface area contributed by atoms with E-state index in [0.717, 1.165) is 12.8 Å². The molecule has 23 heavy (non-hydrogen) atoms. The van der Waals surface area contributed by atoms with Gasteiger partial charge in [-0.15, -0.1) is 0 Å². The van der Waals surface area contributed by atoms with Crippen molar-refractivity contribution in [3.05, 3.63) is 24.3 Å². The maximum atomic E-state index is 12.3. The molecule has 0 heterocycles. The van der Waals surface area contributed by atoms with Gasteiger partial charge in [0.25, 0.3) is 0 Å². The fraction of sp³-hybridized carbons (Fsp3) is 0.562. The summed E-state index contributed by atoms with van der Waals surface area (Å²) in [6.45, 7) is 6.04. The second kappa shape index (κ2) is 6.49. The molecular formula is C16H23NO5S. The highest BCUT2D eigenvalue weighted by molar-refractivity contribution is 7.89. The normalized spacial score (nSPS) is 21.5. The van der Waals surface area contributed by atoms with Crippen LogP contribution in [0.15, 0.2) is 29.2 Å². The van der Waals surface area contributed by atoms with Gasteiger partial charge in [-0.3, -0.25) is 0 Å². The minimum absolute atomic E-state index is 0.0211. The molecule has 1 aromatic rings. The molecule has 1 aromatic carbocycles. The number of nitrogens with one attached hydrogen (secondary N) is 1. The first kappa shape index (κ1) is 17.7. The smallest absolute Gasteiger partial charge is 0.341 e. The highest BCUT2D eigenvalue weighted by Gasteiger charge is 2.39. The molecule has 2 N–H and O–H groups in total. The average molecular weight is 341 g/mol. The van der Waals surface area contributed by atoms with E-state index in [1.807, 2.05) is 0 Å².